The van der Waals surface area contributed by atoms with Crippen molar-refractivity contribution >= 4 is 22.8 Å². The number of aromatic nitrogens is 1. The lowest BCUT2D eigenvalue weighted by Crippen LogP contribution is -1.97. The number of hydrogen-bond acceptors (Lipinski definition) is 3. The molecule has 2 rings (SSSR count). The highest BCUT2D eigenvalue weighted by molar-refractivity contribution is 6.02. The number of rotatable bonds is 1. The highest BCUT2D eigenvalue weighted by Crippen LogP contribution is 2.15. The van der Waals surface area contributed by atoms with E-state index in [-0.39, 0.29) is 0 Å². The van der Waals surface area contributed by atoms with Crippen molar-refractivity contribution < 1.29 is 19.8 Å². The molecule has 17 heavy (non-hydrogen) atoms. The van der Waals surface area contributed by atoms with Crippen LogP contribution in [-0.2, 0) is 4.79 Å². The van der Waals surface area contributed by atoms with Gasteiger partial charge in [-0.15, -0.1) is 0 Å². The number of carboxylic acid groups (broad SMARTS) is 2. The van der Waals surface area contributed by atoms with Crippen molar-refractivity contribution in [3.8, 4) is 0 Å². The Morgan fingerprint density at radius 1 is 1.12 bits per heavy atom. The Hall–Kier alpha value is -2.43. The molecule has 1 heterocycles. The van der Waals surface area contributed by atoms with Crippen LogP contribution in [0.4, 0.5) is 0 Å². The molecular weight excluding hydrogens is 222 g/mol. The van der Waals surface area contributed by atoms with Gasteiger partial charge in [-0.1, -0.05) is 12.1 Å². The SMILES string of the molecule is CC(=O)O.O=C(O)c1cccc2ncccc12. The van der Waals surface area contributed by atoms with Crippen LogP contribution in [-0.4, -0.2) is 27.1 Å². The molecule has 0 amide bonds. The second-order valence-corrected chi connectivity index (χ2v) is 3.20. The van der Waals surface area contributed by atoms with Gasteiger partial charge >= 0.3 is 5.97 Å². The summed E-state index contributed by atoms with van der Waals surface area (Å²) in [6, 6.07) is 8.55. The van der Waals surface area contributed by atoms with Gasteiger partial charge in [0.1, 0.15) is 0 Å². The maximum Gasteiger partial charge on any atom is 0.336 e. The molecule has 0 unspecified atom stereocenters. The highest BCUT2D eigenvalue weighted by Gasteiger charge is 2.06. The average Bonchev–Trinajstić information content (AvgIpc) is 2.27. The summed E-state index contributed by atoms with van der Waals surface area (Å²) in [5.74, 6) is -1.75. The van der Waals surface area contributed by atoms with Gasteiger partial charge in [-0.25, -0.2) is 4.79 Å². The first kappa shape index (κ1) is 12.6. The van der Waals surface area contributed by atoms with E-state index in [2.05, 4.69) is 4.98 Å². The highest BCUT2D eigenvalue weighted by atomic mass is 16.4. The number of nitrogens with zero attached hydrogens (tertiary/aromatic N) is 1. The Labute approximate surface area is 97.3 Å². The maximum absolute atomic E-state index is 10.8. The van der Waals surface area contributed by atoms with Gasteiger partial charge in [0, 0.05) is 18.5 Å². The van der Waals surface area contributed by atoms with Gasteiger partial charge in [0.2, 0.25) is 0 Å². The summed E-state index contributed by atoms with van der Waals surface area (Å²) in [4.78, 5) is 23.8. The van der Waals surface area contributed by atoms with Crippen LogP contribution in [0.25, 0.3) is 10.9 Å². The van der Waals surface area contributed by atoms with Crippen LogP contribution < -0.4 is 0 Å². The molecule has 0 aliphatic carbocycles. The van der Waals surface area contributed by atoms with Crippen molar-refractivity contribution in [3.05, 3.63) is 42.1 Å². The lowest BCUT2D eigenvalue weighted by atomic mass is 10.1. The standard InChI is InChI=1S/C10H7NO2.C2H4O2/c12-10(13)8-3-1-5-9-7(8)4-2-6-11-9;1-2(3)4/h1-6H,(H,12,13);1H3,(H,3,4). The molecule has 0 aliphatic heterocycles. The predicted molar refractivity (Wildman–Crippen MR) is 62.0 cm³/mol. The van der Waals surface area contributed by atoms with E-state index in [0.29, 0.717) is 16.5 Å². The fourth-order valence-corrected chi connectivity index (χ4v) is 1.29. The van der Waals surface area contributed by atoms with Crippen molar-refractivity contribution in [2.75, 3.05) is 0 Å². The summed E-state index contributed by atoms with van der Waals surface area (Å²) in [5, 5.41) is 16.9. The molecule has 0 spiro atoms. The molecule has 0 aliphatic rings. The Balaban J connectivity index is 0.000000317. The number of aromatic carboxylic acids is 1. The molecule has 0 atom stereocenters. The van der Waals surface area contributed by atoms with Crippen LogP contribution in [0.5, 0.6) is 0 Å². The summed E-state index contributed by atoms with van der Waals surface area (Å²) in [6.07, 6.45) is 1.65. The second-order valence-electron chi connectivity index (χ2n) is 3.20. The lowest BCUT2D eigenvalue weighted by molar-refractivity contribution is -0.134. The van der Waals surface area contributed by atoms with Crippen LogP contribution in [0.3, 0.4) is 0 Å². The molecule has 0 bridgehead atoms. The van der Waals surface area contributed by atoms with E-state index in [1.807, 2.05) is 0 Å². The number of carboxylic acids is 2. The lowest BCUT2D eigenvalue weighted by Gasteiger charge is -1.99. The number of benzene rings is 1. The monoisotopic (exact) mass is 233 g/mol. The smallest absolute Gasteiger partial charge is 0.336 e. The quantitative estimate of drug-likeness (QED) is 0.786. The first-order chi connectivity index (χ1) is 8.02. The molecule has 0 fully saturated rings. The number of aliphatic carboxylic acids is 1. The fraction of sp³-hybridized carbons (Fsp3) is 0.0833. The largest absolute Gasteiger partial charge is 0.481 e. The van der Waals surface area contributed by atoms with Gasteiger partial charge in [-0.05, 0) is 18.2 Å². The van der Waals surface area contributed by atoms with Crippen molar-refractivity contribution in [2.24, 2.45) is 0 Å². The molecule has 0 saturated heterocycles. The molecule has 2 N–H and O–H groups in total. The molecule has 0 radical (unpaired) electrons. The van der Waals surface area contributed by atoms with E-state index >= 15 is 0 Å². The molecule has 88 valence electrons. The minimum atomic E-state index is -0.918. The van der Waals surface area contributed by atoms with E-state index in [4.69, 9.17) is 15.0 Å². The average molecular weight is 233 g/mol. The van der Waals surface area contributed by atoms with E-state index < -0.39 is 11.9 Å². The Kier molecular flexibility index (Phi) is 4.16. The summed E-state index contributed by atoms with van der Waals surface area (Å²) < 4.78 is 0. The molecule has 5 nitrogen and oxygen atoms in total. The number of hydrogen-bond donors (Lipinski definition) is 2. The minimum absolute atomic E-state index is 0.297. The van der Waals surface area contributed by atoms with Crippen LogP contribution in [0.2, 0.25) is 0 Å². The van der Waals surface area contributed by atoms with Crippen molar-refractivity contribution in [2.45, 2.75) is 6.92 Å². The molecule has 1 aromatic heterocycles. The molecule has 1 aromatic carbocycles. The summed E-state index contributed by atoms with van der Waals surface area (Å²) >= 11 is 0. The number of fused-ring (bicyclic) bond motifs is 1. The Morgan fingerprint density at radius 3 is 2.35 bits per heavy atom. The van der Waals surface area contributed by atoms with Crippen LogP contribution in [0, 0.1) is 0 Å². The van der Waals surface area contributed by atoms with Crippen molar-refractivity contribution in [3.63, 3.8) is 0 Å². The summed E-state index contributed by atoms with van der Waals surface area (Å²) in [6.45, 7) is 1.08. The van der Waals surface area contributed by atoms with Crippen molar-refractivity contribution in [1.29, 1.82) is 0 Å². The summed E-state index contributed by atoms with van der Waals surface area (Å²) in [5.41, 5.74) is 1.01. The zero-order valence-corrected chi connectivity index (χ0v) is 9.12. The first-order valence-electron chi connectivity index (χ1n) is 4.79. The van der Waals surface area contributed by atoms with Gasteiger partial charge in [0.05, 0.1) is 11.1 Å². The van der Waals surface area contributed by atoms with Crippen LogP contribution >= 0.6 is 0 Å². The van der Waals surface area contributed by atoms with E-state index in [1.54, 1.807) is 36.5 Å². The van der Waals surface area contributed by atoms with Gasteiger partial charge < -0.3 is 10.2 Å². The topological polar surface area (TPSA) is 87.5 Å². The minimum Gasteiger partial charge on any atom is -0.481 e. The molecule has 0 saturated carbocycles. The third kappa shape index (κ3) is 3.57. The molecule has 5 heteroatoms. The molecule has 2 aromatic rings. The number of pyridine rings is 1. The third-order valence-corrected chi connectivity index (χ3v) is 1.88. The maximum atomic E-state index is 10.8. The second kappa shape index (κ2) is 5.60. The summed E-state index contributed by atoms with van der Waals surface area (Å²) in [7, 11) is 0. The van der Waals surface area contributed by atoms with Crippen LogP contribution in [0.15, 0.2) is 36.5 Å². The van der Waals surface area contributed by atoms with Crippen molar-refractivity contribution in [1.82, 2.24) is 4.98 Å². The van der Waals surface area contributed by atoms with E-state index in [0.717, 1.165) is 6.92 Å². The zero-order chi connectivity index (χ0) is 12.8. The van der Waals surface area contributed by atoms with Crippen LogP contribution in [0.1, 0.15) is 17.3 Å². The Morgan fingerprint density at radius 2 is 1.76 bits per heavy atom. The molecular formula is C12H11NO4. The normalized spacial score (nSPS) is 9.24. The third-order valence-electron chi connectivity index (χ3n) is 1.88. The van der Waals surface area contributed by atoms with E-state index in [9.17, 15) is 4.79 Å². The van der Waals surface area contributed by atoms with E-state index in [1.165, 1.54) is 0 Å². The fourth-order valence-electron chi connectivity index (χ4n) is 1.29. The Bertz CT molecular complexity index is 542. The predicted octanol–water partition coefficient (Wildman–Crippen LogP) is 2.02. The number of carbonyl (C=O) groups is 2. The van der Waals surface area contributed by atoms with Gasteiger partial charge in [-0.2, -0.15) is 0 Å². The van der Waals surface area contributed by atoms with Gasteiger partial charge in [-0.3, -0.25) is 9.78 Å². The van der Waals surface area contributed by atoms with Gasteiger partial charge in [0.25, 0.3) is 5.97 Å². The zero-order valence-electron chi connectivity index (χ0n) is 9.12. The first-order valence-corrected chi connectivity index (χ1v) is 4.79. The van der Waals surface area contributed by atoms with Gasteiger partial charge in [0.15, 0.2) is 0 Å².